The Balaban J connectivity index is 1.47. The van der Waals surface area contributed by atoms with E-state index in [1.54, 1.807) is 10.9 Å². The number of aromatic nitrogens is 4. The molecule has 1 aliphatic heterocycles. The van der Waals surface area contributed by atoms with E-state index >= 15 is 0 Å². The van der Waals surface area contributed by atoms with Crippen LogP contribution in [0.4, 0.5) is 11.8 Å². The molecule has 0 aliphatic carbocycles. The fraction of sp³-hybridized carbons (Fsp3) is 0.312. The van der Waals surface area contributed by atoms with Crippen molar-refractivity contribution in [3.8, 4) is 11.5 Å². The van der Waals surface area contributed by atoms with Crippen LogP contribution in [0.25, 0.3) is 11.0 Å². The van der Waals surface area contributed by atoms with Gasteiger partial charge in [-0.3, -0.25) is 4.68 Å². The van der Waals surface area contributed by atoms with Crippen molar-refractivity contribution in [2.24, 2.45) is 7.05 Å². The molecule has 0 atom stereocenters. The number of ether oxygens (including phenoxy) is 2. The van der Waals surface area contributed by atoms with Gasteiger partial charge in [-0.15, -0.1) is 0 Å². The first-order chi connectivity index (χ1) is 12.1. The molecule has 0 unspecified atom stereocenters. The average Bonchev–Trinajstić information content (AvgIpc) is 2.97. The predicted molar refractivity (Wildman–Crippen MR) is 95.4 cm³/mol. The molecule has 2 aromatic heterocycles. The maximum atomic E-state index is 6.26. The lowest BCUT2D eigenvalue weighted by atomic mass is 10.1. The second kappa shape index (κ2) is 6.29. The molecular weight excluding hydrogens is 344 g/mol. The van der Waals surface area contributed by atoms with Gasteiger partial charge in [0.2, 0.25) is 5.95 Å². The van der Waals surface area contributed by atoms with Crippen molar-refractivity contribution in [2.45, 2.75) is 6.42 Å². The summed E-state index contributed by atoms with van der Waals surface area (Å²) in [6.07, 6.45) is 2.38. The third-order valence-corrected chi connectivity index (χ3v) is 4.26. The molecule has 0 saturated heterocycles. The van der Waals surface area contributed by atoms with Crippen molar-refractivity contribution >= 4 is 34.4 Å². The number of aryl methyl sites for hydroxylation is 1. The third-order valence-electron chi connectivity index (χ3n) is 3.97. The van der Waals surface area contributed by atoms with Crippen molar-refractivity contribution in [1.29, 1.82) is 0 Å². The Morgan fingerprint density at radius 3 is 3.00 bits per heavy atom. The molecule has 0 spiro atoms. The van der Waals surface area contributed by atoms with Gasteiger partial charge < -0.3 is 20.5 Å². The summed E-state index contributed by atoms with van der Waals surface area (Å²) in [5.74, 6) is 2.17. The molecule has 0 bridgehead atoms. The van der Waals surface area contributed by atoms with Crippen LogP contribution in [0.3, 0.4) is 0 Å². The minimum atomic E-state index is 0.406. The van der Waals surface area contributed by atoms with Crippen molar-refractivity contribution in [1.82, 2.24) is 19.7 Å². The highest BCUT2D eigenvalue weighted by Crippen LogP contribution is 2.38. The number of anilines is 2. The highest BCUT2D eigenvalue weighted by Gasteiger charge is 2.16. The van der Waals surface area contributed by atoms with E-state index < -0.39 is 0 Å². The molecule has 0 radical (unpaired) electrons. The first-order valence-electron chi connectivity index (χ1n) is 7.89. The van der Waals surface area contributed by atoms with E-state index in [9.17, 15) is 0 Å². The lowest BCUT2D eigenvalue weighted by Crippen LogP contribution is -2.16. The first kappa shape index (κ1) is 15.8. The number of benzene rings is 1. The van der Waals surface area contributed by atoms with E-state index in [-0.39, 0.29) is 0 Å². The minimum Gasteiger partial charge on any atom is -0.486 e. The van der Waals surface area contributed by atoms with Gasteiger partial charge in [0.25, 0.3) is 0 Å². The smallest absolute Gasteiger partial charge is 0.226 e. The highest BCUT2D eigenvalue weighted by atomic mass is 35.5. The van der Waals surface area contributed by atoms with Gasteiger partial charge >= 0.3 is 0 Å². The molecule has 3 aromatic rings. The SMILES string of the molecule is Cn1ncc2c(N)nc(NCCc3cc(Cl)c4c(c3)OCCO4)nc21. The van der Waals surface area contributed by atoms with Crippen LogP contribution in [0, 0.1) is 0 Å². The Labute approximate surface area is 148 Å². The number of nitrogen functional groups attached to an aromatic ring is 1. The van der Waals surface area contributed by atoms with E-state index in [0.29, 0.717) is 53.7 Å². The largest absolute Gasteiger partial charge is 0.486 e. The van der Waals surface area contributed by atoms with Gasteiger partial charge in [-0.2, -0.15) is 15.1 Å². The van der Waals surface area contributed by atoms with Crippen LogP contribution < -0.4 is 20.5 Å². The van der Waals surface area contributed by atoms with Crippen molar-refractivity contribution in [2.75, 3.05) is 30.8 Å². The van der Waals surface area contributed by atoms with Gasteiger partial charge in [0.15, 0.2) is 17.1 Å². The molecule has 0 saturated carbocycles. The molecule has 1 aromatic carbocycles. The Bertz CT molecular complexity index is 942. The number of rotatable bonds is 4. The Kier molecular flexibility index (Phi) is 3.96. The molecule has 25 heavy (non-hydrogen) atoms. The fourth-order valence-electron chi connectivity index (χ4n) is 2.75. The summed E-state index contributed by atoms with van der Waals surface area (Å²) >= 11 is 6.26. The number of nitrogens with one attached hydrogen (secondary N) is 1. The monoisotopic (exact) mass is 360 g/mol. The van der Waals surface area contributed by atoms with Crippen LogP contribution >= 0.6 is 11.6 Å². The zero-order valence-corrected chi connectivity index (χ0v) is 14.4. The lowest BCUT2D eigenvalue weighted by Gasteiger charge is -2.20. The summed E-state index contributed by atoms with van der Waals surface area (Å²) in [5.41, 5.74) is 7.69. The van der Waals surface area contributed by atoms with E-state index in [2.05, 4.69) is 20.4 Å². The molecule has 1 aliphatic rings. The molecule has 8 nitrogen and oxygen atoms in total. The second-order valence-corrected chi connectivity index (χ2v) is 6.12. The standard InChI is InChI=1S/C16H17ClN6O2/c1-23-15-10(8-20-23)14(18)21-16(22-15)19-3-2-9-6-11(17)13-12(7-9)24-4-5-25-13/h6-8H,2-5H2,1H3,(H3,18,19,21,22). The molecule has 4 rings (SSSR count). The molecular formula is C16H17ClN6O2. The Morgan fingerprint density at radius 1 is 1.28 bits per heavy atom. The molecule has 3 N–H and O–H groups in total. The number of fused-ring (bicyclic) bond motifs is 2. The van der Waals surface area contributed by atoms with Crippen LogP contribution in [0.15, 0.2) is 18.3 Å². The van der Waals surface area contributed by atoms with Gasteiger partial charge in [0.1, 0.15) is 19.0 Å². The van der Waals surface area contributed by atoms with Crippen LogP contribution in [-0.2, 0) is 13.5 Å². The summed E-state index contributed by atoms with van der Waals surface area (Å²) in [6.45, 7) is 1.67. The number of nitrogens with zero attached hydrogens (tertiary/aromatic N) is 4. The number of halogens is 1. The maximum absolute atomic E-state index is 6.26. The first-order valence-corrected chi connectivity index (χ1v) is 8.27. The predicted octanol–water partition coefficient (Wildman–Crippen LogP) is 2.02. The van der Waals surface area contributed by atoms with E-state index in [1.807, 2.05) is 19.2 Å². The van der Waals surface area contributed by atoms with Crippen molar-refractivity contribution < 1.29 is 9.47 Å². The number of hydrogen-bond acceptors (Lipinski definition) is 7. The van der Waals surface area contributed by atoms with E-state index in [4.69, 9.17) is 26.8 Å². The minimum absolute atomic E-state index is 0.406. The number of hydrogen-bond donors (Lipinski definition) is 2. The maximum Gasteiger partial charge on any atom is 0.226 e. The number of nitrogens with two attached hydrogens (primary N) is 1. The lowest BCUT2D eigenvalue weighted by molar-refractivity contribution is 0.171. The fourth-order valence-corrected chi connectivity index (χ4v) is 3.04. The van der Waals surface area contributed by atoms with Crippen LogP contribution in [-0.4, -0.2) is 39.5 Å². The van der Waals surface area contributed by atoms with Crippen LogP contribution in [0.5, 0.6) is 11.5 Å². The normalized spacial score (nSPS) is 13.2. The van der Waals surface area contributed by atoms with E-state index in [1.165, 1.54) is 0 Å². The zero-order chi connectivity index (χ0) is 17.4. The Hall–Kier alpha value is -2.74. The van der Waals surface area contributed by atoms with Gasteiger partial charge in [0, 0.05) is 13.6 Å². The van der Waals surface area contributed by atoms with Crippen molar-refractivity contribution in [3.63, 3.8) is 0 Å². The Morgan fingerprint density at radius 2 is 2.12 bits per heavy atom. The summed E-state index contributed by atoms with van der Waals surface area (Å²) < 4.78 is 12.8. The molecule has 0 amide bonds. The van der Waals surface area contributed by atoms with Crippen LogP contribution in [0.2, 0.25) is 5.02 Å². The van der Waals surface area contributed by atoms with Gasteiger partial charge in [-0.1, -0.05) is 11.6 Å². The van der Waals surface area contributed by atoms with Crippen LogP contribution in [0.1, 0.15) is 5.56 Å². The summed E-state index contributed by atoms with van der Waals surface area (Å²) in [4.78, 5) is 8.71. The summed E-state index contributed by atoms with van der Waals surface area (Å²) in [5, 5.41) is 8.63. The van der Waals surface area contributed by atoms with Gasteiger partial charge in [0.05, 0.1) is 16.6 Å². The van der Waals surface area contributed by atoms with E-state index in [0.717, 1.165) is 17.4 Å². The third kappa shape index (κ3) is 3.00. The molecule has 130 valence electrons. The quantitative estimate of drug-likeness (QED) is 0.734. The average molecular weight is 361 g/mol. The molecule has 3 heterocycles. The van der Waals surface area contributed by atoms with Crippen molar-refractivity contribution in [3.05, 3.63) is 28.9 Å². The van der Waals surface area contributed by atoms with Gasteiger partial charge in [-0.25, -0.2) is 0 Å². The second-order valence-electron chi connectivity index (χ2n) is 5.72. The topological polar surface area (TPSA) is 100 Å². The zero-order valence-electron chi connectivity index (χ0n) is 13.6. The molecule has 9 heteroatoms. The van der Waals surface area contributed by atoms with Gasteiger partial charge in [-0.05, 0) is 24.1 Å². The highest BCUT2D eigenvalue weighted by molar-refractivity contribution is 6.32. The molecule has 0 fully saturated rings. The summed E-state index contributed by atoms with van der Waals surface area (Å²) in [6, 6.07) is 3.83. The summed E-state index contributed by atoms with van der Waals surface area (Å²) in [7, 11) is 1.82.